The summed E-state index contributed by atoms with van der Waals surface area (Å²) in [4.78, 5) is 24.8. The molecule has 4 heterocycles. The molecular weight excluding hydrogens is 346 g/mol. The summed E-state index contributed by atoms with van der Waals surface area (Å²) in [6.45, 7) is 6.12. The molecule has 0 aliphatic heterocycles. The fraction of sp³-hybridized carbons (Fsp3) is 0.278. The Balaban J connectivity index is 1.89. The average molecular weight is 365 g/mol. The first-order chi connectivity index (χ1) is 13.0. The Morgan fingerprint density at radius 2 is 2.11 bits per heavy atom. The highest BCUT2D eigenvalue weighted by Gasteiger charge is 2.20. The third-order valence-corrected chi connectivity index (χ3v) is 4.28. The Bertz CT molecular complexity index is 1160. The number of nitrogens with zero attached hydrogens (tertiary/aromatic N) is 6. The van der Waals surface area contributed by atoms with Crippen molar-refractivity contribution in [2.45, 2.75) is 26.8 Å². The van der Waals surface area contributed by atoms with E-state index < -0.39 is 5.97 Å². The van der Waals surface area contributed by atoms with E-state index in [9.17, 15) is 4.79 Å². The smallest absolute Gasteiger partial charge is 0.356 e. The van der Waals surface area contributed by atoms with Gasteiger partial charge in [-0.3, -0.25) is 4.40 Å². The largest absolute Gasteiger partial charge is 0.461 e. The molecule has 0 aliphatic rings. The minimum Gasteiger partial charge on any atom is -0.461 e. The first-order valence-corrected chi connectivity index (χ1v) is 8.64. The number of pyridine rings is 1. The van der Waals surface area contributed by atoms with Gasteiger partial charge in [0.05, 0.1) is 18.2 Å². The van der Waals surface area contributed by atoms with Gasteiger partial charge in [-0.05, 0) is 32.9 Å². The van der Waals surface area contributed by atoms with Crippen LogP contribution >= 0.6 is 0 Å². The molecule has 0 atom stereocenters. The number of nitrogen functional groups attached to an aromatic ring is 1. The summed E-state index contributed by atoms with van der Waals surface area (Å²) in [7, 11) is 0. The molecule has 0 fully saturated rings. The van der Waals surface area contributed by atoms with Crippen molar-refractivity contribution in [3.05, 3.63) is 36.5 Å². The van der Waals surface area contributed by atoms with Gasteiger partial charge in [0, 0.05) is 17.8 Å². The molecule has 0 radical (unpaired) electrons. The molecule has 27 heavy (non-hydrogen) atoms. The van der Waals surface area contributed by atoms with Crippen LogP contribution in [0.2, 0.25) is 0 Å². The van der Waals surface area contributed by atoms with Crippen molar-refractivity contribution in [2.75, 3.05) is 12.3 Å². The van der Waals surface area contributed by atoms with Crippen LogP contribution in [0.1, 0.15) is 37.3 Å². The van der Waals surface area contributed by atoms with E-state index in [2.05, 4.69) is 15.0 Å². The Labute approximate surface area is 154 Å². The number of imidazole rings is 1. The molecule has 4 aromatic rings. The van der Waals surface area contributed by atoms with E-state index in [1.807, 2.05) is 30.7 Å². The lowest BCUT2D eigenvalue weighted by atomic mass is 10.1. The summed E-state index contributed by atoms with van der Waals surface area (Å²) < 4.78 is 8.57. The molecule has 9 heteroatoms. The third-order valence-electron chi connectivity index (χ3n) is 4.28. The molecule has 0 aliphatic carbocycles. The normalized spacial score (nSPS) is 11.6. The molecule has 138 valence electrons. The van der Waals surface area contributed by atoms with Gasteiger partial charge in [0.1, 0.15) is 23.5 Å². The lowest BCUT2D eigenvalue weighted by molar-refractivity contribution is 0.0518. The number of esters is 1. The number of nitrogens with two attached hydrogens (primary N) is 1. The third kappa shape index (κ3) is 2.67. The number of rotatable bonds is 4. The van der Waals surface area contributed by atoms with Crippen molar-refractivity contribution in [2.24, 2.45) is 0 Å². The second-order valence-electron chi connectivity index (χ2n) is 6.35. The maximum atomic E-state index is 12.0. The molecule has 0 aromatic carbocycles. The lowest BCUT2D eigenvalue weighted by Gasteiger charge is -2.05. The zero-order valence-electron chi connectivity index (χ0n) is 15.2. The highest BCUT2D eigenvalue weighted by atomic mass is 16.5. The number of ether oxygens (including phenoxy) is 1. The van der Waals surface area contributed by atoms with Gasteiger partial charge in [-0.15, -0.1) is 0 Å². The van der Waals surface area contributed by atoms with Crippen molar-refractivity contribution in [3.8, 4) is 11.3 Å². The summed E-state index contributed by atoms with van der Waals surface area (Å²) in [6.07, 6.45) is 4.70. The molecule has 9 nitrogen and oxygen atoms in total. The number of hydrogen-bond acceptors (Lipinski definition) is 7. The number of anilines is 1. The van der Waals surface area contributed by atoms with Crippen LogP contribution in [-0.4, -0.2) is 41.7 Å². The van der Waals surface area contributed by atoms with E-state index >= 15 is 0 Å². The SMILES string of the molecule is CCOC(=O)c1cnc2cc(-c3nn(C(C)C)c4ncnc(N)c34)ccn12. The fourth-order valence-electron chi connectivity index (χ4n) is 3.04. The van der Waals surface area contributed by atoms with Crippen molar-refractivity contribution >= 4 is 28.5 Å². The van der Waals surface area contributed by atoms with Crippen LogP contribution in [0.15, 0.2) is 30.9 Å². The number of carbonyl (C=O) groups is 1. The van der Waals surface area contributed by atoms with Crippen molar-refractivity contribution in [3.63, 3.8) is 0 Å². The molecule has 0 bridgehead atoms. The Kier molecular flexibility index (Phi) is 3.98. The highest BCUT2D eigenvalue weighted by molar-refractivity contribution is 5.98. The first kappa shape index (κ1) is 17.0. The summed E-state index contributed by atoms with van der Waals surface area (Å²) in [5, 5.41) is 5.41. The standard InChI is InChI=1S/C18H19N7O2/c1-4-27-18(26)12-8-20-13-7-11(5-6-24(12)13)15-14-16(19)21-9-22-17(14)25(23-15)10(2)3/h5-10H,4H2,1-3H3,(H2,19,21,22). The van der Waals surface area contributed by atoms with Crippen LogP contribution in [0.4, 0.5) is 5.82 Å². The Morgan fingerprint density at radius 3 is 2.85 bits per heavy atom. The lowest BCUT2D eigenvalue weighted by Crippen LogP contribution is -2.07. The number of fused-ring (bicyclic) bond motifs is 2. The Hall–Kier alpha value is -3.49. The highest BCUT2D eigenvalue weighted by Crippen LogP contribution is 2.32. The summed E-state index contributed by atoms with van der Waals surface area (Å²) in [6, 6.07) is 3.82. The molecular formula is C18H19N7O2. The molecule has 0 saturated carbocycles. The maximum Gasteiger partial charge on any atom is 0.356 e. The molecule has 0 saturated heterocycles. The molecule has 0 unspecified atom stereocenters. The van der Waals surface area contributed by atoms with E-state index in [4.69, 9.17) is 15.6 Å². The van der Waals surface area contributed by atoms with E-state index in [1.54, 1.807) is 17.5 Å². The Morgan fingerprint density at radius 1 is 1.30 bits per heavy atom. The van der Waals surface area contributed by atoms with Crippen molar-refractivity contribution in [1.29, 1.82) is 0 Å². The number of carbonyl (C=O) groups excluding carboxylic acids is 1. The van der Waals surface area contributed by atoms with Crippen LogP contribution in [0.5, 0.6) is 0 Å². The monoisotopic (exact) mass is 365 g/mol. The fourth-order valence-corrected chi connectivity index (χ4v) is 3.04. The van der Waals surface area contributed by atoms with Crippen LogP contribution < -0.4 is 5.73 Å². The van der Waals surface area contributed by atoms with E-state index in [0.717, 1.165) is 5.56 Å². The predicted octanol–water partition coefficient (Wildman–Crippen LogP) is 2.48. The van der Waals surface area contributed by atoms with Gasteiger partial charge in [0.15, 0.2) is 11.3 Å². The van der Waals surface area contributed by atoms with Gasteiger partial charge in [0.2, 0.25) is 0 Å². The minimum absolute atomic E-state index is 0.112. The summed E-state index contributed by atoms with van der Waals surface area (Å²) in [5.74, 6) is -0.0396. The zero-order chi connectivity index (χ0) is 19.1. The summed E-state index contributed by atoms with van der Waals surface area (Å²) >= 11 is 0. The average Bonchev–Trinajstić information content (AvgIpc) is 3.23. The number of aromatic nitrogens is 6. The van der Waals surface area contributed by atoms with Crippen molar-refractivity contribution in [1.82, 2.24) is 29.1 Å². The van der Waals surface area contributed by atoms with Crippen LogP contribution in [0.3, 0.4) is 0 Å². The van der Waals surface area contributed by atoms with Gasteiger partial charge >= 0.3 is 5.97 Å². The zero-order valence-corrected chi connectivity index (χ0v) is 15.2. The van der Waals surface area contributed by atoms with E-state index in [1.165, 1.54) is 12.5 Å². The van der Waals surface area contributed by atoms with Gasteiger partial charge < -0.3 is 10.5 Å². The van der Waals surface area contributed by atoms with Gasteiger partial charge in [0.25, 0.3) is 0 Å². The van der Waals surface area contributed by atoms with E-state index in [0.29, 0.717) is 40.5 Å². The van der Waals surface area contributed by atoms with Crippen LogP contribution in [-0.2, 0) is 4.74 Å². The topological polar surface area (TPSA) is 113 Å². The minimum atomic E-state index is -0.412. The molecule has 0 amide bonds. The van der Waals surface area contributed by atoms with Gasteiger partial charge in [-0.2, -0.15) is 5.10 Å². The van der Waals surface area contributed by atoms with Crippen LogP contribution in [0, 0.1) is 0 Å². The molecule has 0 spiro atoms. The maximum absolute atomic E-state index is 12.0. The molecule has 4 aromatic heterocycles. The quantitative estimate of drug-likeness (QED) is 0.553. The predicted molar refractivity (Wildman–Crippen MR) is 100 cm³/mol. The summed E-state index contributed by atoms with van der Waals surface area (Å²) in [5.41, 5.74) is 9.27. The molecule has 2 N–H and O–H groups in total. The second kappa shape index (κ2) is 6.35. The van der Waals surface area contributed by atoms with Gasteiger partial charge in [-0.25, -0.2) is 24.4 Å². The number of hydrogen-bond donors (Lipinski definition) is 1. The van der Waals surface area contributed by atoms with Gasteiger partial charge in [-0.1, -0.05) is 0 Å². The first-order valence-electron chi connectivity index (χ1n) is 8.64. The second-order valence-corrected chi connectivity index (χ2v) is 6.35. The molecule has 4 rings (SSSR count). The van der Waals surface area contributed by atoms with Crippen LogP contribution in [0.25, 0.3) is 27.9 Å². The van der Waals surface area contributed by atoms with E-state index in [-0.39, 0.29) is 6.04 Å². The van der Waals surface area contributed by atoms with Crippen molar-refractivity contribution < 1.29 is 9.53 Å².